The van der Waals surface area contributed by atoms with Crippen LogP contribution in [-0.2, 0) is 4.79 Å². The molecule has 20 heavy (non-hydrogen) atoms. The van der Waals surface area contributed by atoms with Crippen molar-refractivity contribution in [1.29, 1.82) is 0 Å². The smallest absolute Gasteiger partial charge is 0.303 e. The van der Waals surface area contributed by atoms with Crippen LogP contribution in [0.1, 0.15) is 24.4 Å². The summed E-state index contributed by atoms with van der Waals surface area (Å²) in [4.78, 5) is 10.7. The number of nitrogens with two attached hydrogens (primary N) is 1. The molecular weight excluding hydrogens is 286 g/mol. The zero-order valence-corrected chi connectivity index (χ0v) is 11.8. The molecule has 1 atom stereocenters. The third-order valence-electron chi connectivity index (χ3n) is 3.02. The van der Waals surface area contributed by atoms with Crippen LogP contribution in [-0.4, -0.2) is 31.4 Å². The first-order valence-electron chi connectivity index (χ1n) is 6.18. The second-order valence-corrected chi connectivity index (χ2v) is 4.78. The molecule has 110 valence electrons. The predicted octanol–water partition coefficient (Wildman–Crippen LogP) is 1.98. The Bertz CT molecular complexity index is 520. The largest absolute Gasteiger partial charge is 0.495 e. The van der Waals surface area contributed by atoms with E-state index in [9.17, 15) is 4.79 Å². The number of hydrogen-bond donors (Lipinski definition) is 2. The number of methoxy groups -OCH3 is 1. The highest BCUT2D eigenvalue weighted by atomic mass is 35.5. The molecule has 1 aromatic carbocycles. The van der Waals surface area contributed by atoms with Crippen LogP contribution in [0.25, 0.3) is 0 Å². The fourth-order valence-electron chi connectivity index (χ4n) is 2.13. The Morgan fingerprint density at radius 2 is 2.25 bits per heavy atom. The lowest BCUT2D eigenvalue weighted by molar-refractivity contribution is -0.137. The standard InChI is InChI=1S/C13H16ClNO5/c1-18-12-7(14)6-9-13(20-5-4-19-9)11(12)8(15)2-3-10(16)17/h6,8H,2-5,15H2,1H3,(H,16,17). The van der Waals surface area contributed by atoms with E-state index in [1.54, 1.807) is 6.07 Å². The number of rotatable bonds is 5. The van der Waals surface area contributed by atoms with Gasteiger partial charge < -0.3 is 25.1 Å². The molecule has 0 saturated heterocycles. The minimum Gasteiger partial charge on any atom is -0.495 e. The molecule has 0 amide bonds. The lowest BCUT2D eigenvalue weighted by atomic mass is 9.99. The van der Waals surface area contributed by atoms with Gasteiger partial charge in [0.15, 0.2) is 11.5 Å². The molecule has 1 heterocycles. The van der Waals surface area contributed by atoms with Gasteiger partial charge in [-0.2, -0.15) is 0 Å². The number of carboxylic acid groups (broad SMARTS) is 1. The minimum atomic E-state index is -0.910. The van der Waals surface area contributed by atoms with E-state index in [1.807, 2.05) is 0 Å². The van der Waals surface area contributed by atoms with Crippen LogP contribution < -0.4 is 19.9 Å². The van der Waals surface area contributed by atoms with Crippen molar-refractivity contribution in [3.8, 4) is 17.2 Å². The highest BCUT2D eigenvalue weighted by Crippen LogP contribution is 2.47. The number of hydrogen-bond acceptors (Lipinski definition) is 5. The van der Waals surface area contributed by atoms with E-state index in [0.717, 1.165) is 0 Å². The molecule has 2 rings (SSSR count). The maximum absolute atomic E-state index is 10.7. The third-order valence-corrected chi connectivity index (χ3v) is 3.30. The topological polar surface area (TPSA) is 91.0 Å². The van der Waals surface area contributed by atoms with Gasteiger partial charge in [-0.15, -0.1) is 0 Å². The Morgan fingerprint density at radius 1 is 1.55 bits per heavy atom. The summed E-state index contributed by atoms with van der Waals surface area (Å²) in [7, 11) is 1.48. The van der Waals surface area contributed by atoms with E-state index in [-0.39, 0.29) is 12.8 Å². The van der Waals surface area contributed by atoms with E-state index in [0.29, 0.717) is 41.0 Å². The summed E-state index contributed by atoms with van der Waals surface area (Å²) in [5.41, 5.74) is 6.63. The summed E-state index contributed by atoms with van der Waals surface area (Å²) in [5, 5.41) is 9.12. The number of carbonyl (C=O) groups is 1. The molecule has 7 heteroatoms. The molecule has 0 saturated carbocycles. The Morgan fingerprint density at radius 3 is 2.90 bits per heavy atom. The molecule has 0 aliphatic carbocycles. The first-order chi connectivity index (χ1) is 9.54. The molecule has 1 unspecified atom stereocenters. The van der Waals surface area contributed by atoms with Gasteiger partial charge in [-0.1, -0.05) is 11.6 Å². The first kappa shape index (κ1) is 14.7. The zero-order valence-electron chi connectivity index (χ0n) is 11.0. The normalized spacial score (nSPS) is 14.8. The Kier molecular flexibility index (Phi) is 4.57. The number of ether oxygens (including phenoxy) is 3. The van der Waals surface area contributed by atoms with Crippen molar-refractivity contribution in [2.45, 2.75) is 18.9 Å². The fraction of sp³-hybridized carbons (Fsp3) is 0.462. The van der Waals surface area contributed by atoms with Crippen molar-refractivity contribution in [2.24, 2.45) is 5.73 Å². The quantitative estimate of drug-likeness (QED) is 0.864. The molecule has 0 aromatic heterocycles. The summed E-state index contributed by atoms with van der Waals surface area (Å²) >= 11 is 6.14. The summed E-state index contributed by atoms with van der Waals surface area (Å²) in [5.74, 6) is 0.472. The van der Waals surface area contributed by atoms with Crippen molar-refractivity contribution >= 4 is 17.6 Å². The van der Waals surface area contributed by atoms with E-state index in [2.05, 4.69) is 0 Å². The van der Waals surface area contributed by atoms with E-state index >= 15 is 0 Å². The molecular formula is C13H16ClNO5. The van der Waals surface area contributed by atoms with Crippen LogP contribution >= 0.6 is 11.6 Å². The summed E-state index contributed by atoms with van der Waals surface area (Å²) in [6.07, 6.45) is 0.203. The monoisotopic (exact) mass is 301 g/mol. The maximum Gasteiger partial charge on any atom is 0.303 e. The van der Waals surface area contributed by atoms with E-state index in [1.165, 1.54) is 7.11 Å². The summed E-state index contributed by atoms with van der Waals surface area (Å²) in [6, 6.07) is 1.05. The number of carboxylic acids is 1. The molecule has 1 aromatic rings. The zero-order chi connectivity index (χ0) is 14.7. The van der Waals surface area contributed by atoms with Crippen LogP contribution in [0.5, 0.6) is 17.2 Å². The van der Waals surface area contributed by atoms with Gasteiger partial charge in [-0.3, -0.25) is 4.79 Å². The predicted molar refractivity (Wildman–Crippen MR) is 72.8 cm³/mol. The van der Waals surface area contributed by atoms with Crippen molar-refractivity contribution in [2.75, 3.05) is 20.3 Å². The van der Waals surface area contributed by atoms with Crippen LogP contribution in [0.2, 0.25) is 5.02 Å². The van der Waals surface area contributed by atoms with Gasteiger partial charge in [-0.05, 0) is 6.42 Å². The Hall–Kier alpha value is -1.66. The molecule has 6 nitrogen and oxygen atoms in total. The molecule has 3 N–H and O–H groups in total. The number of aliphatic carboxylic acids is 1. The maximum atomic E-state index is 10.7. The van der Waals surface area contributed by atoms with Crippen LogP contribution in [0.4, 0.5) is 0 Å². The molecule has 0 fully saturated rings. The van der Waals surface area contributed by atoms with Gasteiger partial charge in [0, 0.05) is 18.5 Å². The van der Waals surface area contributed by atoms with Crippen molar-refractivity contribution < 1.29 is 24.1 Å². The molecule has 1 aliphatic rings. The van der Waals surface area contributed by atoms with Gasteiger partial charge >= 0.3 is 5.97 Å². The third kappa shape index (κ3) is 2.91. The van der Waals surface area contributed by atoms with Crippen LogP contribution in [0.3, 0.4) is 0 Å². The average Bonchev–Trinajstić information content (AvgIpc) is 2.43. The van der Waals surface area contributed by atoms with Crippen LogP contribution in [0.15, 0.2) is 6.07 Å². The van der Waals surface area contributed by atoms with Gasteiger partial charge in [-0.25, -0.2) is 0 Å². The minimum absolute atomic E-state index is 0.0491. The molecule has 0 bridgehead atoms. The molecule has 0 radical (unpaired) electrons. The average molecular weight is 302 g/mol. The van der Waals surface area contributed by atoms with Gasteiger partial charge in [0.1, 0.15) is 19.0 Å². The highest BCUT2D eigenvalue weighted by Gasteiger charge is 2.27. The second kappa shape index (κ2) is 6.19. The van der Waals surface area contributed by atoms with E-state index < -0.39 is 12.0 Å². The SMILES string of the molecule is COc1c(Cl)cc2c(c1C(N)CCC(=O)O)OCCO2. The lowest BCUT2D eigenvalue weighted by Crippen LogP contribution is -2.21. The molecule has 1 aliphatic heterocycles. The van der Waals surface area contributed by atoms with Gasteiger partial charge in [0.05, 0.1) is 17.7 Å². The van der Waals surface area contributed by atoms with Crippen molar-refractivity contribution in [1.82, 2.24) is 0 Å². The summed E-state index contributed by atoms with van der Waals surface area (Å²) < 4.78 is 16.3. The number of halogens is 1. The van der Waals surface area contributed by atoms with Crippen molar-refractivity contribution in [3.05, 3.63) is 16.7 Å². The van der Waals surface area contributed by atoms with Gasteiger partial charge in [0.2, 0.25) is 0 Å². The lowest BCUT2D eigenvalue weighted by Gasteiger charge is -2.26. The van der Waals surface area contributed by atoms with Gasteiger partial charge in [0.25, 0.3) is 0 Å². The second-order valence-electron chi connectivity index (χ2n) is 4.37. The fourth-order valence-corrected chi connectivity index (χ4v) is 2.41. The highest BCUT2D eigenvalue weighted by molar-refractivity contribution is 6.32. The molecule has 0 spiro atoms. The Labute approximate surface area is 121 Å². The Balaban J connectivity index is 2.42. The number of fused-ring (bicyclic) bond motifs is 1. The van der Waals surface area contributed by atoms with Crippen LogP contribution in [0, 0.1) is 0 Å². The van der Waals surface area contributed by atoms with E-state index in [4.69, 9.17) is 36.7 Å². The number of benzene rings is 1. The van der Waals surface area contributed by atoms with Crippen molar-refractivity contribution in [3.63, 3.8) is 0 Å². The summed E-state index contributed by atoms with van der Waals surface area (Å²) in [6.45, 7) is 0.829. The first-order valence-corrected chi connectivity index (χ1v) is 6.55.